The molecule has 1 aromatic heterocycles. The van der Waals surface area contributed by atoms with E-state index in [1.807, 2.05) is 18.2 Å². The van der Waals surface area contributed by atoms with Gasteiger partial charge in [0, 0.05) is 24.9 Å². The molecule has 6 nitrogen and oxygen atoms in total. The van der Waals surface area contributed by atoms with E-state index in [1.54, 1.807) is 6.07 Å². The van der Waals surface area contributed by atoms with Crippen molar-refractivity contribution in [2.24, 2.45) is 0 Å². The van der Waals surface area contributed by atoms with Crippen molar-refractivity contribution in [3.8, 4) is 0 Å². The third-order valence-electron chi connectivity index (χ3n) is 4.59. The number of hydrogen-bond donors (Lipinski definition) is 3. The van der Waals surface area contributed by atoms with Crippen LogP contribution in [0.5, 0.6) is 0 Å². The van der Waals surface area contributed by atoms with E-state index >= 15 is 0 Å². The van der Waals surface area contributed by atoms with Gasteiger partial charge in [-0.1, -0.05) is 12.1 Å². The number of aryl methyl sites for hydroxylation is 1. The second-order valence-corrected chi connectivity index (χ2v) is 6.44. The number of carbonyl (C=O) groups is 1. The summed E-state index contributed by atoms with van der Waals surface area (Å²) in [5.74, 6) is 0.706. The van der Waals surface area contributed by atoms with Crippen molar-refractivity contribution in [2.75, 3.05) is 6.54 Å². The number of aromatic amines is 1. The number of fused-ring (bicyclic) bond motifs is 1. The number of halogens is 1. The molecule has 7 heteroatoms. The molecule has 2 aromatic rings. The van der Waals surface area contributed by atoms with E-state index in [0.29, 0.717) is 42.0 Å². The molecule has 0 bridgehead atoms. The van der Waals surface area contributed by atoms with E-state index in [0.717, 1.165) is 19.4 Å². The lowest BCUT2D eigenvalue weighted by molar-refractivity contribution is -0.122. The van der Waals surface area contributed by atoms with Crippen LogP contribution >= 0.6 is 12.4 Å². The van der Waals surface area contributed by atoms with Crippen LogP contribution < -0.4 is 16.2 Å². The van der Waals surface area contributed by atoms with E-state index in [2.05, 4.69) is 27.5 Å². The van der Waals surface area contributed by atoms with Gasteiger partial charge < -0.3 is 15.6 Å². The Morgan fingerprint density at radius 2 is 2.16 bits per heavy atom. The summed E-state index contributed by atoms with van der Waals surface area (Å²) in [4.78, 5) is 31.4. The Kier molecular flexibility index (Phi) is 6.96. The maximum atomic E-state index is 12.1. The van der Waals surface area contributed by atoms with Crippen molar-refractivity contribution in [1.29, 1.82) is 0 Å². The zero-order valence-electron chi connectivity index (χ0n) is 14.4. The minimum atomic E-state index is -0.123. The van der Waals surface area contributed by atoms with Gasteiger partial charge in [-0.15, -0.1) is 12.4 Å². The molecular formula is C18H25ClN4O2. The van der Waals surface area contributed by atoms with E-state index < -0.39 is 0 Å². The largest absolute Gasteiger partial charge is 0.352 e. The lowest BCUT2D eigenvalue weighted by atomic mass is 9.99. The van der Waals surface area contributed by atoms with Crippen LogP contribution in [0.25, 0.3) is 10.9 Å². The number of benzene rings is 1. The predicted molar refractivity (Wildman–Crippen MR) is 101 cm³/mol. The molecule has 1 aromatic carbocycles. The number of nitrogens with one attached hydrogen (secondary N) is 3. The summed E-state index contributed by atoms with van der Waals surface area (Å²) in [6.07, 6.45) is 3.82. The zero-order chi connectivity index (χ0) is 16.9. The number of H-pyrrole nitrogens is 1. The number of amides is 1. The molecule has 3 rings (SSSR count). The third kappa shape index (κ3) is 5.03. The number of aromatic nitrogens is 2. The van der Waals surface area contributed by atoms with Gasteiger partial charge >= 0.3 is 0 Å². The fourth-order valence-electron chi connectivity index (χ4n) is 3.19. The molecule has 0 saturated carbocycles. The Morgan fingerprint density at radius 1 is 1.36 bits per heavy atom. The minimum Gasteiger partial charge on any atom is -0.352 e. The molecular weight excluding hydrogens is 340 g/mol. The van der Waals surface area contributed by atoms with Crippen LogP contribution in [-0.4, -0.2) is 34.5 Å². The van der Waals surface area contributed by atoms with Crippen LogP contribution in [0.3, 0.4) is 0 Å². The lowest BCUT2D eigenvalue weighted by Crippen LogP contribution is -2.51. The summed E-state index contributed by atoms with van der Waals surface area (Å²) < 4.78 is 0. The molecule has 3 N–H and O–H groups in total. The number of carbonyl (C=O) groups excluding carboxylic acids is 1. The SMILES string of the molecule is CC1NCCCC1NC(=O)CCCc1nc2ccccc2c(=O)[nH]1.Cl. The van der Waals surface area contributed by atoms with Crippen molar-refractivity contribution < 1.29 is 4.79 Å². The summed E-state index contributed by atoms with van der Waals surface area (Å²) in [5.41, 5.74) is 0.574. The van der Waals surface area contributed by atoms with Gasteiger partial charge in [-0.05, 0) is 44.9 Å². The molecule has 1 amide bonds. The molecule has 1 saturated heterocycles. The fraction of sp³-hybridized carbons (Fsp3) is 0.500. The van der Waals surface area contributed by atoms with Crippen molar-refractivity contribution in [3.63, 3.8) is 0 Å². The van der Waals surface area contributed by atoms with Crippen molar-refractivity contribution in [2.45, 2.75) is 51.1 Å². The average molecular weight is 365 g/mol. The first-order valence-corrected chi connectivity index (χ1v) is 8.64. The van der Waals surface area contributed by atoms with Gasteiger partial charge in [0.2, 0.25) is 5.91 Å². The number of para-hydroxylation sites is 1. The molecule has 2 unspecified atom stereocenters. The molecule has 1 aliphatic rings. The Labute approximate surface area is 153 Å². The maximum Gasteiger partial charge on any atom is 0.258 e. The predicted octanol–water partition coefficient (Wildman–Crippen LogP) is 1.92. The van der Waals surface area contributed by atoms with Crippen molar-refractivity contribution in [1.82, 2.24) is 20.6 Å². The lowest BCUT2D eigenvalue weighted by Gasteiger charge is -2.30. The van der Waals surface area contributed by atoms with Gasteiger partial charge in [0.05, 0.1) is 10.9 Å². The highest BCUT2D eigenvalue weighted by molar-refractivity contribution is 5.85. The first kappa shape index (κ1) is 19.4. The summed E-state index contributed by atoms with van der Waals surface area (Å²) in [6.45, 7) is 3.13. The maximum absolute atomic E-state index is 12.1. The molecule has 1 aliphatic heterocycles. The number of piperidine rings is 1. The second-order valence-electron chi connectivity index (χ2n) is 6.44. The highest BCUT2D eigenvalue weighted by Crippen LogP contribution is 2.10. The van der Waals surface area contributed by atoms with E-state index in [1.165, 1.54) is 0 Å². The molecule has 2 atom stereocenters. The average Bonchev–Trinajstić information content (AvgIpc) is 2.57. The Bertz CT molecular complexity index is 777. The fourth-order valence-corrected chi connectivity index (χ4v) is 3.19. The Balaban J connectivity index is 0.00000225. The molecule has 136 valence electrons. The number of nitrogens with zero attached hydrogens (tertiary/aromatic N) is 1. The summed E-state index contributed by atoms with van der Waals surface area (Å²) in [7, 11) is 0. The Morgan fingerprint density at radius 3 is 2.96 bits per heavy atom. The minimum absolute atomic E-state index is 0. The quantitative estimate of drug-likeness (QED) is 0.756. The van der Waals surface area contributed by atoms with Crippen LogP contribution in [0.15, 0.2) is 29.1 Å². The summed E-state index contributed by atoms with van der Waals surface area (Å²) in [6, 6.07) is 7.82. The smallest absolute Gasteiger partial charge is 0.258 e. The number of hydrogen-bond acceptors (Lipinski definition) is 4. The standard InChI is InChI=1S/C18H24N4O2.ClH/c1-12-14(8-5-11-19-12)21-17(23)10-4-9-16-20-15-7-3-2-6-13(15)18(24)22-16;/h2-3,6-7,12,14,19H,4-5,8-11H2,1H3,(H,21,23)(H,20,22,24);1H. The van der Waals surface area contributed by atoms with Gasteiger partial charge in [-0.25, -0.2) is 4.98 Å². The molecule has 0 radical (unpaired) electrons. The number of rotatable bonds is 5. The van der Waals surface area contributed by atoms with Gasteiger partial charge in [0.25, 0.3) is 5.56 Å². The molecule has 1 fully saturated rings. The highest BCUT2D eigenvalue weighted by atomic mass is 35.5. The highest BCUT2D eigenvalue weighted by Gasteiger charge is 2.21. The van der Waals surface area contributed by atoms with Crippen LogP contribution in [0.4, 0.5) is 0 Å². The molecule has 2 heterocycles. The van der Waals surface area contributed by atoms with Gasteiger partial charge in [0.15, 0.2) is 0 Å². The Hall–Kier alpha value is -1.92. The van der Waals surface area contributed by atoms with E-state index in [4.69, 9.17) is 0 Å². The summed E-state index contributed by atoms with van der Waals surface area (Å²) in [5, 5.41) is 7.08. The van der Waals surface area contributed by atoms with Gasteiger partial charge in [-0.3, -0.25) is 9.59 Å². The van der Waals surface area contributed by atoms with Crippen LogP contribution in [0.2, 0.25) is 0 Å². The van der Waals surface area contributed by atoms with Crippen molar-refractivity contribution >= 4 is 29.2 Å². The second kappa shape index (κ2) is 8.97. The van der Waals surface area contributed by atoms with E-state index in [-0.39, 0.29) is 29.9 Å². The topological polar surface area (TPSA) is 86.9 Å². The first-order chi connectivity index (χ1) is 11.6. The van der Waals surface area contributed by atoms with Gasteiger partial charge in [0.1, 0.15) is 5.82 Å². The normalized spacial score (nSPS) is 20.0. The zero-order valence-corrected chi connectivity index (χ0v) is 15.2. The van der Waals surface area contributed by atoms with Crippen LogP contribution in [-0.2, 0) is 11.2 Å². The van der Waals surface area contributed by atoms with Gasteiger partial charge in [-0.2, -0.15) is 0 Å². The monoisotopic (exact) mass is 364 g/mol. The van der Waals surface area contributed by atoms with Crippen LogP contribution in [0, 0.1) is 0 Å². The molecule has 0 aliphatic carbocycles. The van der Waals surface area contributed by atoms with Crippen LogP contribution in [0.1, 0.15) is 38.4 Å². The third-order valence-corrected chi connectivity index (χ3v) is 4.59. The van der Waals surface area contributed by atoms with E-state index in [9.17, 15) is 9.59 Å². The first-order valence-electron chi connectivity index (χ1n) is 8.64. The summed E-state index contributed by atoms with van der Waals surface area (Å²) >= 11 is 0. The molecule has 25 heavy (non-hydrogen) atoms. The molecule has 0 spiro atoms. The van der Waals surface area contributed by atoms with Crippen molar-refractivity contribution in [3.05, 3.63) is 40.4 Å².